The van der Waals surface area contributed by atoms with Crippen LogP contribution in [0.25, 0.3) is 0 Å². The molecule has 0 spiro atoms. The third-order valence-electron chi connectivity index (χ3n) is 7.80. The van der Waals surface area contributed by atoms with Gasteiger partial charge in [-0.05, 0) is 30.7 Å². The third kappa shape index (κ3) is 8.83. The average Bonchev–Trinajstić information content (AvgIpc) is 3.23. The quantitative estimate of drug-likeness (QED) is 0.0791. The van der Waals surface area contributed by atoms with Crippen molar-refractivity contribution in [2.45, 2.75) is 96.8 Å². The lowest BCUT2D eigenvalue weighted by Gasteiger charge is -2.23. The predicted octanol–water partition coefficient (Wildman–Crippen LogP) is 8.47. The maximum absolute atomic E-state index is 12.7. The minimum absolute atomic E-state index is 0.0267. The van der Waals surface area contributed by atoms with Crippen LogP contribution in [0.1, 0.15) is 96.8 Å². The van der Waals surface area contributed by atoms with Crippen molar-refractivity contribution in [3.8, 4) is 0 Å². The molecule has 7 heteroatoms. The molecule has 1 aliphatic heterocycles. The monoisotopic (exact) mass is 549 g/mol. The first-order valence-corrected chi connectivity index (χ1v) is 15.2. The van der Waals surface area contributed by atoms with Gasteiger partial charge in [-0.15, -0.1) is 0 Å². The fourth-order valence-electron chi connectivity index (χ4n) is 5.46. The summed E-state index contributed by atoms with van der Waals surface area (Å²) in [5, 5.41) is 11.4. The number of allylic oxidation sites excluding steroid dienone is 5. The summed E-state index contributed by atoms with van der Waals surface area (Å²) in [7, 11) is 3.36. The number of para-hydroxylation sites is 2. The van der Waals surface area contributed by atoms with Crippen LogP contribution in [-0.2, 0) is 9.53 Å². The van der Waals surface area contributed by atoms with Gasteiger partial charge in [0.05, 0.1) is 29.5 Å². The van der Waals surface area contributed by atoms with Crippen molar-refractivity contribution < 1.29 is 14.5 Å². The number of anilines is 2. The Morgan fingerprint density at radius 2 is 1.38 bits per heavy atom. The fraction of sp³-hybridized carbons (Fsp3) is 0.545. The standard InChI is InChI=1S/C33H47N3O4/c1-4-5-6-7-8-9-10-11-12-13-14-15-16-19-24-35-30-21-18-17-20-29(30)34(2)32(35)23-22-27-25-28(36(38)39)26-31(40-3)33(27)37/h17-18,20-23,25-26H,4-16,19,24H2,1-3H3/b27-22+,32-23+. The van der Waals surface area contributed by atoms with Crippen molar-refractivity contribution in [1.29, 1.82) is 0 Å². The molecule has 1 aromatic carbocycles. The molecule has 0 saturated heterocycles. The number of methoxy groups -OCH3 is 1. The number of carbonyl (C=O) groups excluding carboxylic acids is 1. The molecule has 0 unspecified atom stereocenters. The first-order valence-electron chi connectivity index (χ1n) is 15.2. The molecule has 1 heterocycles. The van der Waals surface area contributed by atoms with Gasteiger partial charge in [0.1, 0.15) is 5.82 Å². The van der Waals surface area contributed by atoms with Crippen LogP contribution in [0.5, 0.6) is 0 Å². The number of ketones is 1. The molecule has 1 aliphatic carbocycles. The molecule has 7 nitrogen and oxygen atoms in total. The molecule has 0 fully saturated rings. The fourth-order valence-corrected chi connectivity index (χ4v) is 5.46. The summed E-state index contributed by atoms with van der Waals surface area (Å²) >= 11 is 0. The summed E-state index contributed by atoms with van der Waals surface area (Å²) in [5.74, 6) is 0.559. The number of Topliss-reactive ketones (excluding diaryl/α,β-unsaturated/α-hetero) is 1. The van der Waals surface area contributed by atoms with E-state index in [9.17, 15) is 14.9 Å². The second-order valence-corrected chi connectivity index (χ2v) is 10.8. The Kier molecular flexibility index (Phi) is 13.0. The molecule has 0 atom stereocenters. The van der Waals surface area contributed by atoms with Crippen molar-refractivity contribution in [2.75, 3.05) is 30.5 Å². The second kappa shape index (κ2) is 16.7. The Bertz CT molecular complexity index is 1120. The van der Waals surface area contributed by atoms with E-state index in [4.69, 9.17) is 4.74 Å². The number of fused-ring (bicyclic) bond motifs is 1. The Hall–Kier alpha value is -3.35. The molecule has 2 aliphatic rings. The molecule has 0 N–H and O–H groups in total. The van der Waals surface area contributed by atoms with E-state index in [0.717, 1.165) is 30.2 Å². The molecule has 1 aromatic rings. The van der Waals surface area contributed by atoms with Crippen molar-refractivity contribution in [3.05, 3.63) is 81.5 Å². The molecular weight excluding hydrogens is 502 g/mol. The van der Waals surface area contributed by atoms with Crippen LogP contribution in [0.15, 0.2) is 71.4 Å². The molecule has 40 heavy (non-hydrogen) atoms. The summed E-state index contributed by atoms with van der Waals surface area (Å²) < 4.78 is 5.10. The lowest BCUT2D eigenvalue weighted by molar-refractivity contribution is -0.419. The van der Waals surface area contributed by atoms with E-state index in [-0.39, 0.29) is 22.8 Å². The number of unbranched alkanes of at least 4 members (excludes halogenated alkanes) is 13. The zero-order valence-electron chi connectivity index (χ0n) is 24.7. The van der Waals surface area contributed by atoms with E-state index in [0.29, 0.717) is 0 Å². The lowest BCUT2D eigenvalue weighted by atomic mass is 10.0. The largest absolute Gasteiger partial charge is 0.492 e. The summed E-state index contributed by atoms with van der Waals surface area (Å²) in [5.41, 5.74) is 2.31. The van der Waals surface area contributed by atoms with Gasteiger partial charge in [0.15, 0.2) is 5.76 Å². The van der Waals surface area contributed by atoms with Gasteiger partial charge < -0.3 is 14.5 Å². The number of rotatable bonds is 18. The van der Waals surface area contributed by atoms with Gasteiger partial charge in [0, 0.05) is 25.2 Å². The van der Waals surface area contributed by atoms with E-state index in [1.165, 1.54) is 103 Å². The number of hydrogen-bond acceptors (Lipinski definition) is 6. The van der Waals surface area contributed by atoms with Gasteiger partial charge in [-0.3, -0.25) is 14.9 Å². The molecule has 0 bridgehead atoms. The lowest BCUT2D eigenvalue weighted by Crippen LogP contribution is -2.26. The van der Waals surface area contributed by atoms with Crippen LogP contribution in [0.4, 0.5) is 11.4 Å². The zero-order valence-corrected chi connectivity index (χ0v) is 24.7. The van der Waals surface area contributed by atoms with E-state index in [1.54, 1.807) is 6.08 Å². The third-order valence-corrected chi connectivity index (χ3v) is 7.80. The van der Waals surface area contributed by atoms with Gasteiger partial charge >= 0.3 is 0 Å². The topological polar surface area (TPSA) is 75.9 Å². The number of hydrogen-bond donors (Lipinski definition) is 0. The van der Waals surface area contributed by atoms with Gasteiger partial charge in [-0.2, -0.15) is 0 Å². The highest BCUT2D eigenvalue weighted by Crippen LogP contribution is 2.40. The highest BCUT2D eigenvalue weighted by atomic mass is 16.6. The number of nitro groups is 1. The molecule has 0 saturated carbocycles. The van der Waals surface area contributed by atoms with Gasteiger partial charge in [-0.1, -0.05) is 103 Å². The van der Waals surface area contributed by atoms with Gasteiger partial charge in [0.2, 0.25) is 5.78 Å². The van der Waals surface area contributed by atoms with Crippen LogP contribution in [0.3, 0.4) is 0 Å². The van der Waals surface area contributed by atoms with Crippen molar-refractivity contribution in [2.24, 2.45) is 0 Å². The smallest absolute Gasteiger partial charge is 0.274 e. The Morgan fingerprint density at radius 1 is 0.825 bits per heavy atom. The van der Waals surface area contributed by atoms with Gasteiger partial charge in [-0.25, -0.2) is 0 Å². The van der Waals surface area contributed by atoms with Crippen LogP contribution in [0, 0.1) is 10.1 Å². The maximum Gasteiger partial charge on any atom is 0.274 e. The van der Waals surface area contributed by atoms with Crippen LogP contribution < -0.4 is 9.80 Å². The van der Waals surface area contributed by atoms with E-state index >= 15 is 0 Å². The molecule has 0 radical (unpaired) electrons. The number of nitrogens with zero attached hydrogens (tertiary/aromatic N) is 3. The summed E-state index contributed by atoms with van der Waals surface area (Å²) in [6, 6.07) is 8.27. The number of ether oxygens (including phenoxy) is 1. The summed E-state index contributed by atoms with van der Waals surface area (Å²) in [6.07, 6.45) is 24.6. The Labute approximate surface area is 240 Å². The molecule has 3 rings (SSSR count). The minimum Gasteiger partial charge on any atom is -0.492 e. The first kappa shape index (κ1) is 31.2. The number of benzene rings is 1. The van der Waals surface area contributed by atoms with Crippen LogP contribution in [-0.4, -0.2) is 31.4 Å². The first-order chi connectivity index (χ1) is 19.5. The second-order valence-electron chi connectivity index (χ2n) is 10.8. The normalized spacial score (nSPS) is 16.9. The van der Waals surface area contributed by atoms with E-state index in [2.05, 4.69) is 28.9 Å². The predicted molar refractivity (Wildman–Crippen MR) is 164 cm³/mol. The zero-order chi connectivity index (χ0) is 28.7. The average molecular weight is 550 g/mol. The highest BCUT2D eigenvalue weighted by molar-refractivity contribution is 6.10. The molecule has 0 aromatic heterocycles. The van der Waals surface area contributed by atoms with E-state index < -0.39 is 4.92 Å². The van der Waals surface area contributed by atoms with Crippen molar-refractivity contribution in [3.63, 3.8) is 0 Å². The summed E-state index contributed by atoms with van der Waals surface area (Å²) in [6.45, 7) is 3.15. The SMILES string of the molecule is CCCCCCCCCCCCCCCCN1/C(=C/C=C2\C=C([N+](=O)[O-])C=C(OC)C2=O)N(C)c2ccccc21. The van der Waals surface area contributed by atoms with Crippen molar-refractivity contribution in [1.82, 2.24) is 0 Å². The van der Waals surface area contributed by atoms with Crippen LogP contribution >= 0.6 is 0 Å². The highest BCUT2D eigenvalue weighted by Gasteiger charge is 2.29. The van der Waals surface area contributed by atoms with Gasteiger partial charge in [0.25, 0.3) is 5.70 Å². The van der Waals surface area contributed by atoms with Crippen molar-refractivity contribution >= 4 is 17.2 Å². The molecular formula is C33H47N3O4. The van der Waals surface area contributed by atoms with E-state index in [1.807, 2.05) is 25.3 Å². The molecule has 0 amide bonds. The number of carbonyl (C=O) groups is 1. The Morgan fingerprint density at radius 3 is 1.93 bits per heavy atom. The maximum atomic E-state index is 12.7. The molecule has 218 valence electrons. The Balaban J connectivity index is 1.51. The van der Waals surface area contributed by atoms with Crippen LogP contribution in [0.2, 0.25) is 0 Å². The summed E-state index contributed by atoms with van der Waals surface area (Å²) in [4.78, 5) is 28.0. The minimum atomic E-state index is -0.508.